The minimum Gasteiger partial charge on any atom is -0.302 e. The molecular formula is C6H13Cl2O4P. The minimum absolute atomic E-state index is 0.0357. The summed E-state index contributed by atoms with van der Waals surface area (Å²) in [7, 11) is -3.97. The van der Waals surface area contributed by atoms with Gasteiger partial charge < -0.3 is 4.89 Å². The minimum atomic E-state index is -3.97. The van der Waals surface area contributed by atoms with Gasteiger partial charge in [0.05, 0.1) is 24.0 Å². The van der Waals surface area contributed by atoms with Crippen LogP contribution in [0.4, 0.5) is 0 Å². The van der Waals surface area contributed by atoms with E-state index in [0.29, 0.717) is 0 Å². The molecule has 0 aromatic rings. The summed E-state index contributed by atoms with van der Waals surface area (Å²) in [6.45, 7) is 3.22. The van der Waals surface area contributed by atoms with Crippen LogP contribution >= 0.6 is 31.0 Å². The van der Waals surface area contributed by atoms with Crippen molar-refractivity contribution in [2.75, 3.05) is 13.2 Å². The number of phosphoric ester groups is 1. The van der Waals surface area contributed by atoms with Gasteiger partial charge in [0.1, 0.15) is 0 Å². The Hall–Kier alpha value is 0.690. The monoisotopic (exact) mass is 250 g/mol. The van der Waals surface area contributed by atoms with Crippen LogP contribution in [0, 0.1) is 0 Å². The summed E-state index contributed by atoms with van der Waals surface area (Å²) in [5, 5.41) is -0.671. The Morgan fingerprint density at radius 2 is 1.54 bits per heavy atom. The van der Waals surface area contributed by atoms with Crippen molar-refractivity contribution in [1.82, 2.24) is 0 Å². The molecule has 7 heteroatoms. The normalized spacial score (nSPS) is 20.7. The molecule has 0 saturated carbocycles. The van der Waals surface area contributed by atoms with Crippen molar-refractivity contribution in [3.05, 3.63) is 0 Å². The molecule has 2 unspecified atom stereocenters. The van der Waals surface area contributed by atoms with Crippen LogP contribution in [0.15, 0.2) is 0 Å². The van der Waals surface area contributed by atoms with Crippen LogP contribution in [0.2, 0.25) is 0 Å². The molecule has 0 fully saturated rings. The van der Waals surface area contributed by atoms with Gasteiger partial charge in [-0.25, -0.2) is 4.57 Å². The zero-order valence-corrected chi connectivity index (χ0v) is 9.85. The molecular weight excluding hydrogens is 238 g/mol. The van der Waals surface area contributed by atoms with Crippen LogP contribution in [0.5, 0.6) is 0 Å². The third-order valence-electron chi connectivity index (χ3n) is 0.935. The highest BCUT2D eigenvalue weighted by molar-refractivity contribution is 7.47. The fourth-order valence-electron chi connectivity index (χ4n) is 0.431. The maximum absolute atomic E-state index is 11.0. The van der Waals surface area contributed by atoms with E-state index in [1.54, 1.807) is 13.8 Å². The van der Waals surface area contributed by atoms with Gasteiger partial charge >= 0.3 is 7.82 Å². The van der Waals surface area contributed by atoms with Gasteiger partial charge in [0.2, 0.25) is 0 Å². The molecule has 2 atom stereocenters. The Kier molecular flexibility index (Phi) is 6.56. The van der Waals surface area contributed by atoms with Crippen LogP contribution < -0.4 is 0 Å². The molecule has 0 rings (SSSR count). The van der Waals surface area contributed by atoms with Crippen molar-refractivity contribution in [1.29, 1.82) is 0 Å². The second kappa shape index (κ2) is 6.23. The van der Waals surface area contributed by atoms with Gasteiger partial charge in [-0.15, -0.1) is 23.2 Å². The largest absolute Gasteiger partial charge is 0.472 e. The molecule has 0 spiro atoms. The van der Waals surface area contributed by atoms with Crippen molar-refractivity contribution < 1.29 is 18.5 Å². The predicted octanol–water partition coefficient (Wildman–Crippen LogP) is 2.37. The summed E-state index contributed by atoms with van der Waals surface area (Å²) in [5.74, 6) is 0. The van der Waals surface area contributed by atoms with Gasteiger partial charge in [0, 0.05) is 0 Å². The van der Waals surface area contributed by atoms with Crippen LogP contribution in [0.25, 0.3) is 0 Å². The first-order valence-electron chi connectivity index (χ1n) is 3.73. The highest BCUT2D eigenvalue weighted by Gasteiger charge is 2.22. The van der Waals surface area contributed by atoms with Crippen molar-refractivity contribution in [2.24, 2.45) is 0 Å². The first-order valence-corrected chi connectivity index (χ1v) is 6.10. The summed E-state index contributed by atoms with van der Waals surface area (Å²) < 4.78 is 20.1. The Labute approximate surface area is 87.7 Å². The highest BCUT2D eigenvalue weighted by Crippen LogP contribution is 2.43. The molecule has 0 amide bonds. The molecule has 0 saturated heterocycles. The predicted molar refractivity (Wildman–Crippen MR) is 52.4 cm³/mol. The lowest BCUT2D eigenvalue weighted by molar-refractivity contribution is 0.151. The molecule has 0 heterocycles. The van der Waals surface area contributed by atoms with Gasteiger partial charge in [-0.2, -0.15) is 0 Å². The van der Waals surface area contributed by atoms with E-state index in [9.17, 15) is 4.57 Å². The molecule has 80 valence electrons. The summed E-state index contributed by atoms with van der Waals surface area (Å²) in [6.07, 6.45) is 0. The number of hydrogen-bond donors (Lipinski definition) is 1. The average molecular weight is 251 g/mol. The van der Waals surface area contributed by atoms with Gasteiger partial charge in [-0.3, -0.25) is 9.05 Å². The summed E-state index contributed by atoms with van der Waals surface area (Å²) >= 11 is 11.0. The third kappa shape index (κ3) is 9.01. The van der Waals surface area contributed by atoms with Crippen molar-refractivity contribution >= 4 is 31.0 Å². The van der Waals surface area contributed by atoms with Crippen molar-refractivity contribution in [3.8, 4) is 0 Å². The molecule has 1 N–H and O–H groups in total. The molecule has 0 aromatic carbocycles. The lowest BCUT2D eigenvalue weighted by Crippen LogP contribution is -2.08. The van der Waals surface area contributed by atoms with Crippen LogP contribution in [0.3, 0.4) is 0 Å². The van der Waals surface area contributed by atoms with E-state index in [-0.39, 0.29) is 24.0 Å². The molecule has 4 nitrogen and oxygen atoms in total. The zero-order chi connectivity index (χ0) is 10.5. The smallest absolute Gasteiger partial charge is 0.302 e. The lowest BCUT2D eigenvalue weighted by Gasteiger charge is -2.13. The standard InChI is InChI=1S/C6H13Cl2O4P/c1-5(7)3-11-13(9,10)12-4-6(2)8/h5-6H,3-4H2,1-2H3,(H,9,10). The van der Waals surface area contributed by atoms with Gasteiger partial charge in [0.15, 0.2) is 0 Å². The van der Waals surface area contributed by atoms with E-state index in [2.05, 4.69) is 9.05 Å². The Morgan fingerprint density at radius 3 is 1.77 bits per heavy atom. The van der Waals surface area contributed by atoms with Gasteiger partial charge in [-0.1, -0.05) is 0 Å². The molecule has 0 aliphatic carbocycles. The lowest BCUT2D eigenvalue weighted by atomic mass is 10.5. The molecule has 0 aliphatic heterocycles. The van der Waals surface area contributed by atoms with Crippen molar-refractivity contribution in [2.45, 2.75) is 24.6 Å². The summed E-state index contributed by atoms with van der Waals surface area (Å²) in [4.78, 5) is 9.01. The maximum Gasteiger partial charge on any atom is 0.472 e. The molecule has 0 aromatic heterocycles. The van der Waals surface area contributed by atoms with E-state index < -0.39 is 7.82 Å². The number of rotatable bonds is 6. The van der Waals surface area contributed by atoms with Crippen LogP contribution in [-0.4, -0.2) is 28.9 Å². The molecule has 0 radical (unpaired) electrons. The second-order valence-electron chi connectivity index (χ2n) is 2.62. The summed E-state index contributed by atoms with van der Waals surface area (Å²) in [5.41, 5.74) is 0. The van der Waals surface area contributed by atoms with Crippen LogP contribution in [-0.2, 0) is 13.6 Å². The Morgan fingerprint density at radius 1 is 1.23 bits per heavy atom. The molecule has 0 bridgehead atoms. The first kappa shape index (κ1) is 13.7. The van der Waals surface area contributed by atoms with E-state index in [1.165, 1.54) is 0 Å². The molecule has 13 heavy (non-hydrogen) atoms. The fraction of sp³-hybridized carbons (Fsp3) is 1.00. The van der Waals surface area contributed by atoms with E-state index in [0.717, 1.165) is 0 Å². The SMILES string of the molecule is CC(Cl)COP(=O)(O)OCC(C)Cl. The number of hydrogen-bond acceptors (Lipinski definition) is 3. The average Bonchev–Trinajstić information content (AvgIpc) is 1.98. The number of halogens is 2. The molecule has 0 aliphatic rings. The van der Waals surface area contributed by atoms with Gasteiger partial charge in [0.25, 0.3) is 0 Å². The Bertz CT molecular complexity index is 169. The van der Waals surface area contributed by atoms with Crippen LogP contribution in [0.1, 0.15) is 13.8 Å². The second-order valence-corrected chi connectivity index (χ2v) is 5.57. The van der Waals surface area contributed by atoms with E-state index in [4.69, 9.17) is 28.1 Å². The summed E-state index contributed by atoms with van der Waals surface area (Å²) in [6, 6.07) is 0. The maximum atomic E-state index is 11.0. The van der Waals surface area contributed by atoms with Gasteiger partial charge in [-0.05, 0) is 13.8 Å². The zero-order valence-electron chi connectivity index (χ0n) is 7.44. The highest BCUT2D eigenvalue weighted by atomic mass is 35.5. The van der Waals surface area contributed by atoms with E-state index in [1.807, 2.05) is 0 Å². The van der Waals surface area contributed by atoms with Crippen molar-refractivity contribution in [3.63, 3.8) is 0 Å². The number of alkyl halides is 2. The van der Waals surface area contributed by atoms with E-state index >= 15 is 0 Å². The number of phosphoric acid groups is 1. The first-order chi connectivity index (χ1) is 5.83. The third-order valence-corrected chi connectivity index (χ3v) is 2.14. The quantitative estimate of drug-likeness (QED) is 0.581. The topological polar surface area (TPSA) is 55.8 Å². The Balaban J connectivity index is 3.74. The fourth-order valence-corrected chi connectivity index (χ4v) is 1.63.